The van der Waals surface area contributed by atoms with Gasteiger partial charge in [0.15, 0.2) is 14.5 Å². The average molecular weight is 837 g/mol. The molecule has 0 bridgehead atoms. The molecule has 11 nitrogen and oxygen atoms in total. The summed E-state index contributed by atoms with van der Waals surface area (Å²) in [6, 6.07) is 36.8. The van der Waals surface area contributed by atoms with E-state index in [1.165, 1.54) is 16.8 Å². The van der Waals surface area contributed by atoms with Crippen molar-refractivity contribution in [2.45, 2.75) is 88.9 Å². The Kier molecular flexibility index (Phi) is 14.7. The van der Waals surface area contributed by atoms with Crippen LogP contribution in [0.4, 0.5) is 0 Å². The van der Waals surface area contributed by atoms with Crippen LogP contribution in [0.25, 0.3) is 0 Å². The van der Waals surface area contributed by atoms with E-state index in [0.29, 0.717) is 28.1 Å². The van der Waals surface area contributed by atoms with Gasteiger partial charge in [0.25, 0.3) is 5.56 Å². The molecule has 2 heterocycles. The maximum absolute atomic E-state index is 14.1. The Morgan fingerprint density at radius 1 is 0.717 bits per heavy atom. The van der Waals surface area contributed by atoms with E-state index in [2.05, 4.69) is 53.7 Å². The zero-order chi connectivity index (χ0) is 42.9. The average Bonchev–Trinajstić information content (AvgIpc) is 3.26. The summed E-state index contributed by atoms with van der Waals surface area (Å²) in [5, 5.41) is 0. The summed E-state index contributed by atoms with van der Waals surface area (Å²) in [5.74, 6) is 1.42. The largest absolute Gasteiger partial charge is 0.497 e. The second kappa shape index (κ2) is 19.7. The third-order valence-corrected chi connectivity index (χ3v) is 17.8. The zero-order valence-electron chi connectivity index (χ0n) is 36.2. The summed E-state index contributed by atoms with van der Waals surface area (Å²) in [5.41, 5.74) is 0.985. The van der Waals surface area contributed by atoms with Crippen molar-refractivity contribution in [3.8, 4) is 11.5 Å². The van der Waals surface area contributed by atoms with Crippen LogP contribution in [-0.4, -0.2) is 63.7 Å². The number of ether oxygens (including phenoxy) is 6. The van der Waals surface area contributed by atoms with E-state index in [9.17, 15) is 9.59 Å². The molecule has 0 N–H and O–H groups in total. The molecule has 5 aromatic rings. The minimum absolute atomic E-state index is 0.00376. The Hall–Kier alpha value is -4.82. The number of nitrogens with zero attached hydrogens (tertiary/aromatic N) is 2. The minimum Gasteiger partial charge on any atom is -0.497 e. The number of methoxy groups -OCH3 is 2. The van der Waals surface area contributed by atoms with Crippen LogP contribution in [0, 0.1) is 0 Å². The summed E-state index contributed by atoms with van der Waals surface area (Å²) < 4.78 is 47.8. The quantitative estimate of drug-likeness (QED) is 0.0597. The first-order valence-electron chi connectivity index (χ1n) is 20.7. The van der Waals surface area contributed by atoms with Gasteiger partial charge in [0.1, 0.15) is 29.4 Å². The Bertz CT molecular complexity index is 2160. The minimum atomic E-state index is -2.47. The van der Waals surface area contributed by atoms with Crippen molar-refractivity contribution in [3.05, 3.63) is 165 Å². The van der Waals surface area contributed by atoms with Gasteiger partial charge in [-0.15, -0.1) is 0 Å². The summed E-state index contributed by atoms with van der Waals surface area (Å²) >= 11 is 0. The van der Waals surface area contributed by atoms with Gasteiger partial charge >= 0.3 is 5.69 Å². The highest BCUT2D eigenvalue weighted by molar-refractivity contribution is 6.77. The smallest absolute Gasteiger partial charge is 0.335 e. The molecule has 6 rings (SSSR count). The van der Waals surface area contributed by atoms with Gasteiger partial charge in [-0.05, 0) is 63.1 Å². The van der Waals surface area contributed by atoms with Crippen LogP contribution < -0.4 is 20.7 Å². The maximum Gasteiger partial charge on any atom is 0.335 e. The highest BCUT2D eigenvalue weighted by Gasteiger charge is 2.50. The van der Waals surface area contributed by atoms with Crippen LogP contribution in [0.2, 0.25) is 16.6 Å². The molecule has 2 atom stereocenters. The Labute approximate surface area is 354 Å². The van der Waals surface area contributed by atoms with Crippen molar-refractivity contribution in [2.75, 3.05) is 40.6 Å². The van der Waals surface area contributed by atoms with Crippen molar-refractivity contribution < 1.29 is 32.8 Å². The maximum atomic E-state index is 14.1. The molecule has 0 unspecified atom stereocenters. The molecule has 0 saturated carbocycles. The Morgan fingerprint density at radius 2 is 1.25 bits per heavy atom. The second-order valence-electron chi connectivity index (χ2n) is 16.4. The fraction of sp³-hybridized carbons (Fsp3) is 0.417. The van der Waals surface area contributed by atoms with E-state index < -0.39 is 37.0 Å². The van der Waals surface area contributed by atoms with E-state index in [1.807, 2.05) is 97.1 Å². The molecule has 12 heteroatoms. The highest BCUT2D eigenvalue weighted by atomic mass is 28.4. The molecule has 0 aliphatic carbocycles. The molecule has 1 aliphatic rings. The topological polar surface area (TPSA) is 109 Å². The monoisotopic (exact) mass is 836 g/mol. The van der Waals surface area contributed by atoms with Gasteiger partial charge in [0, 0.05) is 12.3 Å². The second-order valence-corrected chi connectivity index (χ2v) is 21.9. The van der Waals surface area contributed by atoms with Crippen LogP contribution in [0.1, 0.15) is 70.0 Å². The lowest BCUT2D eigenvalue weighted by molar-refractivity contribution is -0.260. The van der Waals surface area contributed by atoms with Gasteiger partial charge in [-0.2, -0.15) is 0 Å². The standard InChI is InChI=1S/C48H60N2O9Si/c1-35(2)60(36(3)4,37(5)6)58-33-47(31-55-30-45(59-47)49-28-27-44(51)50(46(49)52)34-56-29-38-15-11-9-12-16-38)32-57-48(39-17-13-10-14-18-39,40-19-23-42(53-7)24-20-40)41-21-25-43(54-8)26-22-41/h9-28,35-37,45H,29-34H2,1-8H3/t45-,47+/m1/s1. The van der Waals surface area contributed by atoms with Gasteiger partial charge in [0.2, 0.25) is 0 Å². The van der Waals surface area contributed by atoms with Crippen LogP contribution in [0.5, 0.6) is 11.5 Å². The van der Waals surface area contributed by atoms with E-state index >= 15 is 0 Å². The molecule has 0 radical (unpaired) electrons. The highest BCUT2D eigenvalue weighted by Crippen LogP contribution is 2.46. The van der Waals surface area contributed by atoms with Crippen LogP contribution in [0.3, 0.4) is 0 Å². The van der Waals surface area contributed by atoms with E-state index in [0.717, 1.165) is 26.8 Å². The van der Waals surface area contributed by atoms with Crippen LogP contribution in [0.15, 0.2) is 131 Å². The fourth-order valence-electron chi connectivity index (χ4n) is 8.80. The van der Waals surface area contributed by atoms with Gasteiger partial charge in [-0.1, -0.05) is 126 Å². The van der Waals surface area contributed by atoms with Gasteiger partial charge in [-0.25, -0.2) is 9.36 Å². The van der Waals surface area contributed by atoms with Crippen molar-refractivity contribution in [1.82, 2.24) is 9.13 Å². The van der Waals surface area contributed by atoms with E-state index in [-0.39, 0.29) is 39.8 Å². The van der Waals surface area contributed by atoms with Gasteiger partial charge in [0.05, 0.1) is 47.3 Å². The molecule has 1 aromatic heterocycles. The third kappa shape index (κ3) is 9.39. The van der Waals surface area contributed by atoms with Gasteiger partial charge in [-0.3, -0.25) is 9.36 Å². The van der Waals surface area contributed by atoms with Crippen molar-refractivity contribution in [2.24, 2.45) is 0 Å². The molecule has 1 aliphatic heterocycles. The normalized spacial score (nSPS) is 17.4. The van der Waals surface area contributed by atoms with Crippen molar-refractivity contribution in [1.29, 1.82) is 0 Å². The lowest BCUT2D eigenvalue weighted by Crippen LogP contribution is -2.58. The molecule has 320 valence electrons. The molecule has 1 fully saturated rings. The third-order valence-electron chi connectivity index (χ3n) is 11.8. The molecule has 0 spiro atoms. The summed E-state index contributed by atoms with van der Waals surface area (Å²) in [6.45, 7) is 13.8. The van der Waals surface area contributed by atoms with Crippen molar-refractivity contribution >= 4 is 8.32 Å². The molecular weight excluding hydrogens is 777 g/mol. The SMILES string of the molecule is COc1ccc(C(OC[C@]2(CO[Si](C(C)C)(C(C)C)C(C)C)COC[C@H](n3ccc(=O)n(COCc4ccccc4)c3=O)O2)(c2ccccc2)c2ccc(OC)cc2)cc1. The van der Waals surface area contributed by atoms with E-state index in [1.54, 1.807) is 14.2 Å². The van der Waals surface area contributed by atoms with Gasteiger partial charge < -0.3 is 32.8 Å². The predicted octanol–water partition coefficient (Wildman–Crippen LogP) is 8.69. The van der Waals surface area contributed by atoms with Crippen LogP contribution >= 0.6 is 0 Å². The summed E-state index contributed by atoms with van der Waals surface area (Å²) in [6.07, 6.45) is 0.545. The van der Waals surface area contributed by atoms with Crippen molar-refractivity contribution in [3.63, 3.8) is 0 Å². The fourth-order valence-corrected chi connectivity index (χ4v) is 14.3. The predicted molar refractivity (Wildman–Crippen MR) is 235 cm³/mol. The number of aromatic nitrogens is 2. The zero-order valence-corrected chi connectivity index (χ0v) is 37.2. The molecule has 0 amide bonds. The Balaban J connectivity index is 1.44. The number of hydrogen-bond acceptors (Lipinski definition) is 9. The first-order chi connectivity index (χ1) is 28.9. The first-order valence-corrected chi connectivity index (χ1v) is 22.8. The van der Waals surface area contributed by atoms with Crippen LogP contribution in [-0.2, 0) is 42.3 Å². The summed E-state index contributed by atoms with van der Waals surface area (Å²) in [7, 11) is 0.818. The first kappa shape index (κ1) is 44.7. The Morgan fingerprint density at radius 3 is 1.78 bits per heavy atom. The lowest BCUT2D eigenvalue weighted by atomic mass is 9.79. The lowest BCUT2D eigenvalue weighted by Gasteiger charge is -2.48. The molecule has 60 heavy (non-hydrogen) atoms. The molecular formula is C48H60N2O9Si. The summed E-state index contributed by atoms with van der Waals surface area (Å²) in [4.78, 5) is 27.2. The van der Waals surface area contributed by atoms with E-state index in [4.69, 9.17) is 32.8 Å². The number of rotatable bonds is 19. The number of benzene rings is 4. The molecule has 4 aromatic carbocycles. The molecule has 1 saturated heterocycles. The number of hydrogen-bond donors (Lipinski definition) is 0.